The highest BCUT2D eigenvalue weighted by Gasteiger charge is 2.25. The van der Waals surface area contributed by atoms with E-state index in [0.29, 0.717) is 17.0 Å². The van der Waals surface area contributed by atoms with Gasteiger partial charge in [-0.05, 0) is 62.5 Å². The zero-order chi connectivity index (χ0) is 19.5. The molecule has 28 heavy (non-hydrogen) atoms. The van der Waals surface area contributed by atoms with E-state index in [9.17, 15) is 9.18 Å². The lowest BCUT2D eigenvalue weighted by atomic mass is 9.88. The zero-order valence-corrected chi connectivity index (χ0v) is 15.9. The number of aromatic nitrogens is 3. The Bertz CT molecular complexity index is 963. The van der Waals surface area contributed by atoms with Gasteiger partial charge in [-0.1, -0.05) is 6.92 Å². The number of halogens is 1. The zero-order valence-electron chi connectivity index (χ0n) is 15.9. The smallest absolute Gasteiger partial charge is 0.253 e. The van der Waals surface area contributed by atoms with Crippen LogP contribution in [0.15, 0.2) is 42.9 Å². The molecule has 1 amide bonds. The third kappa shape index (κ3) is 3.62. The molecule has 1 fully saturated rings. The Morgan fingerprint density at radius 3 is 2.71 bits per heavy atom. The summed E-state index contributed by atoms with van der Waals surface area (Å²) in [6.45, 7) is 4.11. The standard InChI is InChI=1S/C21H24FN5O/c1-2-19(14-7-9-23-10-8-14)26-21(28)18-11-24-13-20-17(18)12-25-27(20)16-5-3-15(22)4-6-16/h3-6,11-14,19,23H,2,7-10H2,1H3,(H,26,28). The number of piperidine rings is 1. The van der Waals surface area contributed by atoms with Crippen LogP contribution in [0.25, 0.3) is 16.6 Å². The number of benzene rings is 1. The van der Waals surface area contributed by atoms with Crippen molar-refractivity contribution in [1.29, 1.82) is 0 Å². The molecular formula is C21H24FN5O. The van der Waals surface area contributed by atoms with Crippen molar-refractivity contribution in [2.24, 2.45) is 5.92 Å². The molecule has 146 valence electrons. The number of rotatable bonds is 5. The fourth-order valence-electron chi connectivity index (χ4n) is 3.96. The van der Waals surface area contributed by atoms with E-state index in [4.69, 9.17) is 0 Å². The van der Waals surface area contributed by atoms with Gasteiger partial charge in [-0.15, -0.1) is 0 Å². The van der Waals surface area contributed by atoms with Crippen molar-refractivity contribution in [2.45, 2.75) is 32.2 Å². The monoisotopic (exact) mass is 381 g/mol. The first kappa shape index (κ1) is 18.6. The number of hydrogen-bond acceptors (Lipinski definition) is 4. The first-order valence-electron chi connectivity index (χ1n) is 9.76. The molecule has 1 unspecified atom stereocenters. The molecule has 4 rings (SSSR count). The first-order valence-corrected chi connectivity index (χ1v) is 9.76. The molecule has 0 bridgehead atoms. The Kier molecular flexibility index (Phi) is 5.34. The van der Waals surface area contributed by atoms with Crippen molar-refractivity contribution in [1.82, 2.24) is 25.4 Å². The molecule has 1 saturated heterocycles. The van der Waals surface area contributed by atoms with E-state index in [-0.39, 0.29) is 17.8 Å². The Labute approximate surface area is 163 Å². The van der Waals surface area contributed by atoms with E-state index in [2.05, 4.69) is 27.6 Å². The summed E-state index contributed by atoms with van der Waals surface area (Å²) in [7, 11) is 0. The summed E-state index contributed by atoms with van der Waals surface area (Å²) >= 11 is 0. The number of pyridine rings is 1. The maximum atomic E-state index is 13.2. The molecule has 6 nitrogen and oxygen atoms in total. The summed E-state index contributed by atoms with van der Waals surface area (Å²) in [6.07, 6.45) is 7.97. The van der Waals surface area contributed by atoms with E-state index in [0.717, 1.165) is 43.4 Å². The second kappa shape index (κ2) is 8.06. The number of carbonyl (C=O) groups is 1. The highest BCUT2D eigenvalue weighted by atomic mass is 19.1. The lowest BCUT2D eigenvalue weighted by Crippen LogP contribution is -2.44. The SMILES string of the molecule is CCC(NC(=O)c1cncc2c1cnn2-c1ccc(F)cc1)C1CCNCC1. The minimum absolute atomic E-state index is 0.123. The minimum atomic E-state index is -0.304. The van der Waals surface area contributed by atoms with Crippen LogP contribution in [0.1, 0.15) is 36.5 Å². The summed E-state index contributed by atoms with van der Waals surface area (Å²) in [4.78, 5) is 17.3. The van der Waals surface area contributed by atoms with Crippen molar-refractivity contribution < 1.29 is 9.18 Å². The molecule has 2 N–H and O–H groups in total. The van der Waals surface area contributed by atoms with Gasteiger partial charge in [-0.3, -0.25) is 9.78 Å². The van der Waals surface area contributed by atoms with Gasteiger partial charge in [0.2, 0.25) is 0 Å². The summed E-state index contributed by atoms with van der Waals surface area (Å²) < 4.78 is 14.9. The maximum absolute atomic E-state index is 13.2. The third-order valence-electron chi connectivity index (χ3n) is 5.52. The molecule has 0 spiro atoms. The van der Waals surface area contributed by atoms with Crippen molar-refractivity contribution in [2.75, 3.05) is 13.1 Å². The average Bonchev–Trinajstić information content (AvgIpc) is 3.17. The lowest BCUT2D eigenvalue weighted by molar-refractivity contribution is 0.0914. The molecule has 0 saturated carbocycles. The summed E-state index contributed by atoms with van der Waals surface area (Å²) in [6, 6.07) is 6.23. The van der Waals surface area contributed by atoms with Gasteiger partial charge in [0.15, 0.2) is 0 Å². The highest BCUT2D eigenvalue weighted by Crippen LogP contribution is 2.23. The van der Waals surface area contributed by atoms with Gasteiger partial charge in [0.1, 0.15) is 5.82 Å². The van der Waals surface area contributed by atoms with Gasteiger partial charge in [0, 0.05) is 17.6 Å². The molecule has 1 atom stereocenters. The van der Waals surface area contributed by atoms with Crippen LogP contribution in [0, 0.1) is 11.7 Å². The van der Waals surface area contributed by atoms with Crippen molar-refractivity contribution in [3.8, 4) is 5.69 Å². The number of nitrogens with zero attached hydrogens (tertiary/aromatic N) is 3. The molecule has 3 heterocycles. The van der Waals surface area contributed by atoms with Gasteiger partial charge in [-0.2, -0.15) is 5.10 Å². The van der Waals surface area contributed by atoms with Gasteiger partial charge in [0.25, 0.3) is 5.91 Å². The van der Waals surface area contributed by atoms with Crippen LogP contribution in [0.4, 0.5) is 4.39 Å². The van der Waals surface area contributed by atoms with E-state index in [1.165, 1.54) is 12.1 Å². The molecule has 0 aliphatic carbocycles. The fourth-order valence-corrected chi connectivity index (χ4v) is 3.96. The van der Waals surface area contributed by atoms with Crippen LogP contribution < -0.4 is 10.6 Å². The van der Waals surface area contributed by atoms with Gasteiger partial charge in [0.05, 0.1) is 29.2 Å². The van der Waals surface area contributed by atoms with E-state index < -0.39 is 0 Å². The maximum Gasteiger partial charge on any atom is 0.253 e. The lowest BCUT2D eigenvalue weighted by Gasteiger charge is -2.30. The Morgan fingerprint density at radius 1 is 1.25 bits per heavy atom. The largest absolute Gasteiger partial charge is 0.349 e. The van der Waals surface area contributed by atoms with Gasteiger partial charge in [-0.25, -0.2) is 9.07 Å². The number of fused-ring (bicyclic) bond motifs is 1. The Balaban J connectivity index is 1.61. The minimum Gasteiger partial charge on any atom is -0.349 e. The highest BCUT2D eigenvalue weighted by molar-refractivity contribution is 6.06. The van der Waals surface area contributed by atoms with E-state index in [1.54, 1.807) is 35.4 Å². The fraction of sp³-hybridized carbons (Fsp3) is 0.381. The van der Waals surface area contributed by atoms with Crippen molar-refractivity contribution in [3.63, 3.8) is 0 Å². The summed E-state index contributed by atoms with van der Waals surface area (Å²) in [5.41, 5.74) is 1.95. The normalized spacial score (nSPS) is 16.2. The van der Waals surface area contributed by atoms with Crippen LogP contribution in [0.3, 0.4) is 0 Å². The molecular weight excluding hydrogens is 357 g/mol. The quantitative estimate of drug-likeness (QED) is 0.713. The second-order valence-corrected chi connectivity index (χ2v) is 7.23. The molecule has 7 heteroatoms. The summed E-state index contributed by atoms with van der Waals surface area (Å²) in [5, 5.41) is 11.7. The molecule has 1 aliphatic rings. The number of hydrogen-bond donors (Lipinski definition) is 2. The third-order valence-corrected chi connectivity index (χ3v) is 5.52. The van der Waals surface area contributed by atoms with Gasteiger partial charge >= 0.3 is 0 Å². The number of carbonyl (C=O) groups excluding carboxylic acids is 1. The Morgan fingerprint density at radius 2 is 2.00 bits per heavy atom. The van der Waals surface area contributed by atoms with E-state index in [1.807, 2.05) is 0 Å². The average molecular weight is 381 g/mol. The molecule has 3 aromatic rings. The van der Waals surface area contributed by atoms with Crippen LogP contribution in [-0.2, 0) is 0 Å². The van der Waals surface area contributed by atoms with Crippen LogP contribution in [-0.4, -0.2) is 39.8 Å². The van der Waals surface area contributed by atoms with Crippen LogP contribution in [0.2, 0.25) is 0 Å². The van der Waals surface area contributed by atoms with Crippen molar-refractivity contribution >= 4 is 16.8 Å². The number of nitrogens with one attached hydrogen (secondary N) is 2. The predicted octanol–water partition coefficient (Wildman–Crippen LogP) is 3.07. The molecule has 1 aliphatic heterocycles. The molecule has 2 aromatic heterocycles. The molecule has 0 radical (unpaired) electrons. The molecule has 1 aromatic carbocycles. The first-order chi connectivity index (χ1) is 13.7. The predicted molar refractivity (Wildman–Crippen MR) is 106 cm³/mol. The second-order valence-electron chi connectivity index (χ2n) is 7.23. The van der Waals surface area contributed by atoms with Crippen molar-refractivity contribution in [3.05, 3.63) is 54.2 Å². The van der Waals surface area contributed by atoms with Gasteiger partial charge < -0.3 is 10.6 Å². The summed E-state index contributed by atoms with van der Waals surface area (Å²) in [5.74, 6) is 0.0633. The van der Waals surface area contributed by atoms with E-state index >= 15 is 0 Å². The van der Waals surface area contributed by atoms with Crippen LogP contribution in [0.5, 0.6) is 0 Å². The number of amides is 1. The topological polar surface area (TPSA) is 71.8 Å². The Hall–Kier alpha value is -2.80. The van der Waals surface area contributed by atoms with Crippen LogP contribution >= 0.6 is 0 Å².